The number of ether oxygens (including phenoxy) is 2. The Morgan fingerprint density at radius 3 is 2.42 bits per heavy atom. The van der Waals surface area contributed by atoms with Gasteiger partial charge in [-0.05, 0) is 49.2 Å². The summed E-state index contributed by atoms with van der Waals surface area (Å²) in [6.07, 6.45) is 0.557. The number of nitrogens with zero attached hydrogens (tertiary/aromatic N) is 1. The van der Waals surface area contributed by atoms with Crippen LogP contribution in [0, 0.1) is 13.8 Å². The molecule has 24 heavy (non-hydrogen) atoms. The summed E-state index contributed by atoms with van der Waals surface area (Å²) >= 11 is 0. The van der Waals surface area contributed by atoms with Crippen LogP contribution in [0.25, 0.3) is 0 Å². The molecule has 1 aliphatic heterocycles. The molecule has 0 N–H and O–H groups in total. The van der Waals surface area contributed by atoms with E-state index in [0.29, 0.717) is 0 Å². The van der Waals surface area contributed by atoms with Gasteiger partial charge < -0.3 is 9.47 Å². The van der Waals surface area contributed by atoms with Gasteiger partial charge in [-0.15, -0.1) is 0 Å². The predicted octanol–water partition coefficient (Wildman–Crippen LogP) is 3.21. The third-order valence-electron chi connectivity index (χ3n) is 4.09. The zero-order chi connectivity index (χ0) is 17.3. The van der Waals surface area contributed by atoms with Crippen molar-refractivity contribution in [3.05, 3.63) is 59.2 Å². The summed E-state index contributed by atoms with van der Waals surface area (Å²) in [7, 11) is -2.04. The van der Waals surface area contributed by atoms with Crippen molar-refractivity contribution in [2.24, 2.45) is 4.99 Å². The van der Waals surface area contributed by atoms with Crippen LogP contribution in [0.2, 0.25) is 0 Å². The van der Waals surface area contributed by atoms with Crippen molar-refractivity contribution >= 4 is 16.2 Å². The Bertz CT molecular complexity index is 872. The summed E-state index contributed by atoms with van der Waals surface area (Å²) in [5.41, 5.74) is 2.67. The summed E-state index contributed by atoms with van der Waals surface area (Å²) < 4.78 is 36.6. The molecule has 2 aromatic rings. The van der Waals surface area contributed by atoms with Crippen molar-refractivity contribution in [2.75, 3.05) is 7.11 Å². The van der Waals surface area contributed by atoms with E-state index in [2.05, 4.69) is 4.99 Å². The smallest absolute Gasteiger partial charge is 0.205 e. The number of aryl methyl sites for hydroxylation is 2. The fourth-order valence-electron chi connectivity index (χ4n) is 2.74. The van der Waals surface area contributed by atoms with E-state index in [9.17, 15) is 8.42 Å². The zero-order valence-corrected chi connectivity index (χ0v) is 14.6. The van der Waals surface area contributed by atoms with Gasteiger partial charge in [-0.25, -0.2) is 13.4 Å². The van der Waals surface area contributed by atoms with E-state index in [0.717, 1.165) is 22.4 Å². The second-order valence-corrected chi connectivity index (χ2v) is 7.83. The van der Waals surface area contributed by atoms with Gasteiger partial charge in [-0.1, -0.05) is 23.8 Å². The molecule has 0 saturated carbocycles. The Morgan fingerprint density at radius 2 is 1.79 bits per heavy atom. The molecule has 0 aromatic heterocycles. The molecule has 2 aromatic carbocycles. The minimum absolute atomic E-state index is 0.246. The topological polar surface area (TPSA) is 65.0 Å². The highest BCUT2D eigenvalue weighted by molar-refractivity contribution is 7.92. The van der Waals surface area contributed by atoms with E-state index in [4.69, 9.17) is 9.47 Å². The highest BCUT2D eigenvalue weighted by Gasteiger charge is 2.39. The second-order valence-electron chi connectivity index (χ2n) is 5.79. The Hall–Kier alpha value is -2.34. The number of sulfone groups is 1. The molecule has 5 nitrogen and oxygen atoms in total. The van der Waals surface area contributed by atoms with Gasteiger partial charge in [-0.2, -0.15) is 0 Å². The van der Waals surface area contributed by atoms with E-state index >= 15 is 0 Å². The third-order valence-corrected chi connectivity index (χ3v) is 6.02. The first-order valence-electron chi connectivity index (χ1n) is 7.55. The average Bonchev–Trinajstić information content (AvgIpc) is 3.05. The number of benzene rings is 2. The van der Waals surface area contributed by atoms with Crippen LogP contribution in [0.5, 0.6) is 5.75 Å². The fourth-order valence-corrected chi connectivity index (χ4v) is 4.29. The van der Waals surface area contributed by atoms with Crippen LogP contribution in [0.1, 0.15) is 22.8 Å². The maximum absolute atomic E-state index is 12.9. The Morgan fingerprint density at radius 1 is 1.08 bits per heavy atom. The van der Waals surface area contributed by atoms with Crippen LogP contribution in [0.15, 0.2) is 52.4 Å². The van der Waals surface area contributed by atoms with E-state index < -0.39 is 21.3 Å². The number of hydrogen-bond acceptors (Lipinski definition) is 5. The number of hydrogen-bond donors (Lipinski definition) is 0. The molecular formula is C18H19NO4S. The zero-order valence-electron chi connectivity index (χ0n) is 13.8. The van der Waals surface area contributed by atoms with Crippen molar-refractivity contribution in [3.63, 3.8) is 0 Å². The van der Waals surface area contributed by atoms with E-state index in [1.54, 1.807) is 31.4 Å². The lowest BCUT2D eigenvalue weighted by atomic mass is 10.1. The molecule has 0 spiro atoms. The van der Waals surface area contributed by atoms with Crippen LogP contribution in [0.4, 0.5) is 0 Å². The van der Waals surface area contributed by atoms with Crippen molar-refractivity contribution in [2.45, 2.75) is 30.2 Å². The van der Waals surface area contributed by atoms with Crippen molar-refractivity contribution < 1.29 is 17.9 Å². The monoisotopic (exact) mass is 345 g/mol. The van der Waals surface area contributed by atoms with E-state index in [-0.39, 0.29) is 4.90 Å². The van der Waals surface area contributed by atoms with Crippen LogP contribution < -0.4 is 4.74 Å². The van der Waals surface area contributed by atoms with Gasteiger partial charge in [0, 0.05) is 0 Å². The molecule has 0 aliphatic carbocycles. The lowest BCUT2D eigenvalue weighted by Crippen LogP contribution is -2.24. The third kappa shape index (κ3) is 2.89. The van der Waals surface area contributed by atoms with Crippen LogP contribution in [-0.4, -0.2) is 27.3 Å². The molecule has 0 amide bonds. The molecule has 2 unspecified atom stereocenters. The summed E-state index contributed by atoms with van der Waals surface area (Å²) in [6.45, 7) is 3.82. The highest BCUT2D eigenvalue weighted by Crippen LogP contribution is 2.35. The summed E-state index contributed by atoms with van der Waals surface area (Å²) in [5, 5.41) is -0.993. The van der Waals surface area contributed by atoms with Crippen LogP contribution >= 0.6 is 0 Å². The van der Waals surface area contributed by atoms with Gasteiger partial charge >= 0.3 is 0 Å². The van der Waals surface area contributed by atoms with Crippen molar-refractivity contribution in [1.29, 1.82) is 0 Å². The minimum Gasteiger partial charge on any atom is -0.496 e. The molecule has 126 valence electrons. The first-order valence-corrected chi connectivity index (χ1v) is 9.10. The normalized spacial score (nSPS) is 20.0. The molecule has 1 heterocycles. The first-order chi connectivity index (χ1) is 11.4. The maximum Gasteiger partial charge on any atom is 0.205 e. The maximum atomic E-state index is 12.9. The van der Waals surface area contributed by atoms with Gasteiger partial charge in [0.25, 0.3) is 0 Å². The quantitative estimate of drug-likeness (QED) is 0.853. The molecule has 2 atom stereocenters. The van der Waals surface area contributed by atoms with Gasteiger partial charge in [0.1, 0.15) is 5.75 Å². The largest absolute Gasteiger partial charge is 0.496 e. The molecule has 3 rings (SSSR count). The second kappa shape index (κ2) is 6.28. The van der Waals surface area contributed by atoms with E-state index in [1.165, 1.54) is 6.40 Å². The van der Waals surface area contributed by atoms with Crippen molar-refractivity contribution in [3.8, 4) is 5.75 Å². The molecule has 0 bridgehead atoms. The summed E-state index contributed by atoms with van der Waals surface area (Å²) in [6, 6.07) is 12.3. The Kier molecular flexibility index (Phi) is 4.32. The first kappa shape index (κ1) is 16.5. The van der Waals surface area contributed by atoms with Gasteiger partial charge in [0.2, 0.25) is 9.84 Å². The van der Waals surface area contributed by atoms with E-state index in [1.807, 2.05) is 32.0 Å². The lowest BCUT2D eigenvalue weighted by molar-refractivity contribution is 0.227. The van der Waals surface area contributed by atoms with Crippen LogP contribution in [0.3, 0.4) is 0 Å². The molecular weight excluding hydrogens is 326 g/mol. The molecule has 0 saturated heterocycles. The molecule has 1 aliphatic rings. The molecule has 0 fully saturated rings. The van der Waals surface area contributed by atoms with Gasteiger partial charge in [0.15, 0.2) is 17.9 Å². The average molecular weight is 345 g/mol. The summed E-state index contributed by atoms with van der Waals surface area (Å²) in [4.78, 5) is 4.32. The minimum atomic E-state index is -3.64. The van der Waals surface area contributed by atoms with Crippen LogP contribution in [-0.2, 0) is 14.6 Å². The number of aliphatic imine (C=N–C) groups is 1. The Labute approximate surface area is 141 Å². The predicted molar refractivity (Wildman–Crippen MR) is 92.2 cm³/mol. The highest BCUT2D eigenvalue weighted by atomic mass is 32.2. The van der Waals surface area contributed by atoms with Gasteiger partial charge in [-0.3, -0.25) is 0 Å². The summed E-state index contributed by atoms with van der Waals surface area (Å²) in [5.74, 6) is 0.746. The SMILES string of the molecule is COc1ccc(C2OC=NC2S(=O)(=O)c2ccc(C)cc2)cc1C. The number of methoxy groups -OCH3 is 1. The van der Waals surface area contributed by atoms with Crippen molar-refractivity contribution in [1.82, 2.24) is 0 Å². The molecule has 6 heteroatoms. The fraction of sp³-hybridized carbons (Fsp3) is 0.278. The lowest BCUT2D eigenvalue weighted by Gasteiger charge is -2.19. The standard InChI is InChI=1S/C18H19NO4S/c1-12-4-7-15(8-5-12)24(20,21)18-17(23-11-19-18)14-6-9-16(22-3)13(2)10-14/h4-11,17-18H,1-3H3. The number of rotatable bonds is 4. The van der Waals surface area contributed by atoms with Gasteiger partial charge in [0.05, 0.1) is 12.0 Å². The Balaban J connectivity index is 1.96. The molecule has 0 radical (unpaired) electrons.